The highest BCUT2D eigenvalue weighted by molar-refractivity contribution is 5.78. The Kier molecular flexibility index (Phi) is 13.2. The first-order valence-electron chi connectivity index (χ1n) is 10.6. The fourth-order valence-electron chi connectivity index (χ4n) is 3.51. The van der Waals surface area contributed by atoms with Crippen molar-refractivity contribution in [2.45, 2.75) is 67.7 Å². The Balaban J connectivity index is 0.00000198. The van der Waals surface area contributed by atoms with Gasteiger partial charge in [-0.3, -0.25) is 9.79 Å². The van der Waals surface area contributed by atoms with E-state index >= 15 is 0 Å². The van der Waals surface area contributed by atoms with Crippen LogP contribution in [0.3, 0.4) is 0 Å². The van der Waals surface area contributed by atoms with Crippen LogP contribution in [0.25, 0.3) is 0 Å². The molecule has 0 heterocycles. The van der Waals surface area contributed by atoms with Gasteiger partial charge in [0.15, 0.2) is 0 Å². The molecule has 0 saturated carbocycles. The predicted octanol–water partition coefficient (Wildman–Crippen LogP) is 6.69. The minimum atomic E-state index is 0.191. The number of hydrogen-bond donors (Lipinski definition) is 1. The van der Waals surface area contributed by atoms with Crippen LogP contribution >= 0.6 is 0 Å². The molecule has 3 heteroatoms. The number of hydrogen-bond acceptors (Lipinski definition) is 3. The molecule has 1 N–H and O–H groups in total. The summed E-state index contributed by atoms with van der Waals surface area (Å²) >= 11 is 0. The number of aliphatic hydroxyl groups excluding tert-OH is 1. The van der Waals surface area contributed by atoms with E-state index in [2.05, 4.69) is 56.1 Å². The van der Waals surface area contributed by atoms with Gasteiger partial charge in [-0.05, 0) is 81.3 Å². The summed E-state index contributed by atoms with van der Waals surface area (Å²) in [6.07, 6.45) is 5.77. The number of carbonyl (C=O) groups excluding carboxylic acids is 1. The molecule has 2 rings (SSSR count). The minimum absolute atomic E-state index is 0.191. The molecule has 1 atom stereocenters. The van der Waals surface area contributed by atoms with Crippen molar-refractivity contribution >= 4 is 12.5 Å². The predicted molar refractivity (Wildman–Crippen MR) is 131 cm³/mol. The molecule has 1 unspecified atom stereocenters. The van der Waals surface area contributed by atoms with E-state index in [0.717, 1.165) is 36.6 Å². The molecular weight excluding hydrogens is 370 g/mol. The number of aliphatic hydroxyl groups is 1. The van der Waals surface area contributed by atoms with E-state index in [-0.39, 0.29) is 5.92 Å². The first-order chi connectivity index (χ1) is 14.4. The number of benzene rings is 2. The van der Waals surface area contributed by atoms with Gasteiger partial charge in [-0.25, -0.2) is 0 Å². The summed E-state index contributed by atoms with van der Waals surface area (Å²) in [5.74, 6) is 0.191. The zero-order chi connectivity index (χ0) is 23.3. The van der Waals surface area contributed by atoms with Gasteiger partial charge in [-0.15, -0.1) is 0 Å². The van der Waals surface area contributed by atoms with Crippen molar-refractivity contribution < 1.29 is 9.90 Å². The Hall–Kier alpha value is -2.52. The highest BCUT2D eigenvalue weighted by atomic mass is 16.2. The second kappa shape index (κ2) is 14.5. The molecule has 0 amide bonds. The molecule has 0 aliphatic rings. The maximum atomic E-state index is 11.2. The number of aryl methyl sites for hydroxylation is 1. The number of aliphatic imine (C=N–C) groups is 1. The van der Waals surface area contributed by atoms with Crippen LogP contribution in [0.1, 0.15) is 77.4 Å². The highest BCUT2D eigenvalue weighted by Crippen LogP contribution is 2.34. The molecule has 2 aromatic carbocycles. The van der Waals surface area contributed by atoms with Gasteiger partial charge in [0.1, 0.15) is 6.29 Å². The van der Waals surface area contributed by atoms with Gasteiger partial charge in [0.2, 0.25) is 0 Å². The standard InChI is InChI=1S/C24H29NO.C2H6.CH4O/c1-7-24(25-8-2)23(22-11-9-10-16(3)17(22)4)14-20-12-13-21(15-26)19(6)18(20)5;2*1-2/h7-13,15,23H,14H2,1-6H3;1-2H3;2H,1H3/b24-7-,25-8?;;. The first-order valence-corrected chi connectivity index (χ1v) is 10.6. The second-order valence-corrected chi connectivity index (χ2v) is 6.83. The van der Waals surface area contributed by atoms with Gasteiger partial charge in [0, 0.05) is 30.5 Å². The van der Waals surface area contributed by atoms with Crippen molar-refractivity contribution in [3.8, 4) is 0 Å². The van der Waals surface area contributed by atoms with Gasteiger partial charge < -0.3 is 5.11 Å². The van der Waals surface area contributed by atoms with Crippen molar-refractivity contribution in [1.82, 2.24) is 0 Å². The Morgan fingerprint density at radius 2 is 1.60 bits per heavy atom. The number of carbonyl (C=O) groups is 1. The maximum absolute atomic E-state index is 11.2. The van der Waals surface area contributed by atoms with Crippen LogP contribution in [0.15, 0.2) is 47.1 Å². The van der Waals surface area contributed by atoms with Gasteiger partial charge in [0.05, 0.1) is 0 Å². The summed E-state index contributed by atoms with van der Waals surface area (Å²) in [5, 5.41) is 7.00. The summed E-state index contributed by atoms with van der Waals surface area (Å²) in [6, 6.07) is 10.5. The molecule has 0 fully saturated rings. The molecule has 0 aliphatic carbocycles. The third kappa shape index (κ3) is 6.77. The molecule has 0 bridgehead atoms. The van der Waals surface area contributed by atoms with Crippen LogP contribution < -0.4 is 0 Å². The van der Waals surface area contributed by atoms with Crippen molar-refractivity contribution in [2.24, 2.45) is 4.99 Å². The summed E-state index contributed by atoms with van der Waals surface area (Å²) in [7, 11) is 1.00. The van der Waals surface area contributed by atoms with E-state index in [1.807, 2.05) is 46.9 Å². The Bertz CT molecular complexity index is 863. The van der Waals surface area contributed by atoms with Crippen molar-refractivity contribution in [2.75, 3.05) is 7.11 Å². The van der Waals surface area contributed by atoms with E-state index in [4.69, 9.17) is 5.11 Å². The molecule has 0 radical (unpaired) electrons. The third-order valence-corrected chi connectivity index (χ3v) is 5.45. The van der Waals surface area contributed by atoms with E-state index < -0.39 is 0 Å². The highest BCUT2D eigenvalue weighted by Gasteiger charge is 2.20. The zero-order valence-corrected chi connectivity index (χ0v) is 20.2. The summed E-state index contributed by atoms with van der Waals surface area (Å²) < 4.78 is 0. The second-order valence-electron chi connectivity index (χ2n) is 6.83. The summed E-state index contributed by atoms with van der Waals surface area (Å²) in [5.41, 5.74) is 9.32. The van der Waals surface area contributed by atoms with Crippen LogP contribution in [0.4, 0.5) is 0 Å². The molecule has 30 heavy (non-hydrogen) atoms. The van der Waals surface area contributed by atoms with E-state index in [9.17, 15) is 4.79 Å². The minimum Gasteiger partial charge on any atom is -0.400 e. The Morgan fingerprint density at radius 1 is 0.967 bits per heavy atom. The fraction of sp³-hybridized carbons (Fsp3) is 0.407. The molecule has 164 valence electrons. The fourth-order valence-corrected chi connectivity index (χ4v) is 3.51. The van der Waals surface area contributed by atoms with Crippen LogP contribution in [-0.2, 0) is 6.42 Å². The topological polar surface area (TPSA) is 49.7 Å². The molecule has 3 nitrogen and oxygen atoms in total. The first kappa shape index (κ1) is 27.5. The van der Waals surface area contributed by atoms with Crippen LogP contribution in [0.2, 0.25) is 0 Å². The van der Waals surface area contributed by atoms with E-state index in [1.165, 1.54) is 27.8 Å². The average molecular weight is 410 g/mol. The lowest BCUT2D eigenvalue weighted by Crippen LogP contribution is -2.10. The third-order valence-electron chi connectivity index (χ3n) is 5.45. The number of aldehydes is 1. The average Bonchev–Trinajstić information content (AvgIpc) is 2.78. The molecule has 2 aromatic rings. The normalized spacial score (nSPS) is 11.9. The van der Waals surface area contributed by atoms with E-state index in [0.29, 0.717) is 0 Å². The Morgan fingerprint density at radius 3 is 2.13 bits per heavy atom. The van der Waals surface area contributed by atoms with Gasteiger partial charge >= 0.3 is 0 Å². The number of nitrogens with zero attached hydrogens (tertiary/aromatic N) is 1. The lowest BCUT2D eigenvalue weighted by atomic mass is 9.83. The molecule has 0 aliphatic heterocycles. The van der Waals surface area contributed by atoms with Gasteiger partial charge in [-0.1, -0.05) is 50.3 Å². The number of rotatable bonds is 6. The molecule has 0 aromatic heterocycles. The Labute approximate surface area is 183 Å². The maximum Gasteiger partial charge on any atom is 0.150 e. The van der Waals surface area contributed by atoms with Crippen LogP contribution in [-0.4, -0.2) is 24.7 Å². The van der Waals surface area contributed by atoms with E-state index in [1.54, 1.807) is 0 Å². The van der Waals surface area contributed by atoms with Crippen molar-refractivity contribution in [1.29, 1.82) is 0 Å². The van der Waals surface area contributed by atoms with Crippen LogP contribution in [0, 0.1) is 27.7 Å². The van der Waals surface area contributed by atoms with Gasteiger partial charge in [-0.2, -0.15) is 0 Å². The largest absolute Gasteiger partial charge is 0.400 e. The van der Waals surface area contributed by atoms with Gasteiger partial charge in [0.25, 0.3) is 0 Å². The van der Waals surface area contributed by atoms with Crippen molar-refractivity contribution in [3.63, 3.8) is 0 Å². The quantitative estimate of drug-likeness (QED) is 0.427. The summed E-state index contributed by atoms with van der Waals surface area (Å²) in [4.78, 5) is 15.9. The zero-order valence-electron chi connectivity index (χ0n) is 20.2. The molecule has 0 spiro atoms. The summed E-state index contributed by atoms with van der Waals surface area (Å²) in [6.45, 7) is 16.5. The van der Waals surface area contributed by atoms with Crippen molar-refractivity contribution in [3.05, 3.63) is 81.0 Å². The van der Waals surface area contributed by atoms with Crippen LogP contribution in [0.5, 0.6) is 0 Å². The monoisotopic (exact) mass is 409 g/mol. The molecular formula is C27H39NO2. The SMILES string of the molecule is CC.CC=N/C(=C\C)C(Cc1ccc(C=O)c(C)c1C)c1cccc(C)c1C.CO. The smallest absolute Gasteiger partial charge is 0.150 e. The lowest BCUT2D eigenvalue weighted by molar-refractivity contribution is 0.112. The molecule has 0 saturated heterocycles. The lowest BCUT2D eigenvalue weighted by Gasteiger charge is -2.23. The number of allylic oxidation sites excluding steroid dienone is 2.